The maximum atomic E-state index is 11.9. The number of aliphatic carboxylic acids is 1. The van der Waals surface area contributed by atoms with Gasteiger partial charge < -0.3 is 9.84 Å². The lowest BCUT2D eigenvalue weighted by Crippen LogP contribution is -2.41. The van der Waals surface area contributed by atoms with Crippen LogP contribution in [0.2, 0.25) is 0 Å². The number of amides is 2. The average Bonchev–Trinajstić information content (AvgIpc) is 2.64. The van der Waals surface area contributed by atoms with Crippen LogP contribution in [0.25, 0.3) is 0 Å². The highest BCUT2D eigenvalue weighted by Crippen LogP contribution is 2.35. The maximum Gasteiger partial charge on any atom is 0.306 e. The van der Waals surface area contributed by atoms with Gasteiger partial charge in [-0.25, -0.2) is 0 Å². The van der Waals surface area contributed by atoms with Crippen molar-refractivity contribution < 1.29 is 29.1 Å². The lowest BCUT2D eigenvalue weighted by molar-refractivity contribution is -0.181. The van der Waals surface area contributed by atoms with E-state index in [9.17, 15) is 14.4 Å². The Kier molecular flexibility index (Phi) is 3.63. The van der Waals surface area contributed by atoms with Crippen LogP contribution in [0, 0.1) is 17.8 Å². The molecule has 0 aromatic rings. The van der Waals surface area contributed by atoms with Crippen molar-refractivity contribution in [2.24, 2.45) is 17.8 Å². The van der Waals surface area contributed by atoms with E-state index in [0.717, 1.165) is 0 Å². The molecule has 0 spiro atoms. The first-order valence-electron chi connectivity index (χ1n) is 5.77. The summed E-state index contributed by atoms with van der Waals surface area (Å²) in [5, 5.41) is 9.85. The molecule has 0 radical (unpaired) electrons. The molecule has 0 bridgehead atoms. The lowest BCUT2D eigenvalue weighted by Gasteiger charge is -2.31. The van der Waals surface area contributed by atoms with Crippen LogP contribution in [0.1, 0.15) is 12.8 Å². The SMILES string of the molecule is CON1C(=O)CC(C2COCCC2C(=O)O)C1=O. The van der Waals surface area contributed by atoms with Crippen molar-refractivity contribution in [1.82, 2.24) is 5.06 Å². The van der Waals surface area contributed by atoms with Crippen molar-refractivity contribution in [3.05, 3.63) is 0 Å². The molecule has 0 aliphatic carbocycles. The Morgan fingerprint density at radius 2 is 2.22 bits per heavy atom. The molecule has 1 N–H and O–H groups in total. The molecule has 7 nitrogen and oxygen atoms in total. The first-order valence-corrected chi connectivity index (χ1v) is 5.77. The van der Waals surface area contributed by atoms with E-state index in [4.69, 9.17) is 14.7 Å². The summed E-state index contributed by atoms with van der Waals surface area (Å²) >= 11 is 0. The number of imide groups is 1. The molecule has 0 aromatic carbocycles. The van der Waals surface area contributed by atoms with E-state index in [1.807, 2.05) is 0 Å². The van der Waals surface area contributed by atoms with E-state index in [-0.39, 0.29) is 13.0 Å². The van der Waals surface area contributed by atoms with E-state index in [0.29, 0.717) is 18.1 Å². The van der Waals surface area contributed by atoms with Crippen molar-refractivity contribution in [2.75, 3.05) is 20.3 Å². The number of carboxylic acid groups (broad SMARTS) is 1. The van der Waals surface area contributed by atoms with E-state index in [1.54, 1.807) is 0 Å². The molecular weight excluding hydrogens is 242 g/mol. The number of hydroxylamine groups is 2. The number of carbonyl (C=O) groups excluding carboxylic acids is 2. The summed E-state index contributed by atoms with van der Waals surface area (Å²) in [5.74, 6) is -3.60. The highest BCUT2D eigenvalue weighted by Gasteiger charge is 2.48. The second-order valence-electron chi connectivity index (χ2n) is 4.49. The van der Waals surface area contributed by atoms with Crippen LogP contribution in [0.3, 0.4) is 0 Å². The summed E-state index contributed by atoms with van der Waals surface area (Å²) in [6.07, 6.45) is 0.357. The molecule has 2 fully saturated rings. The molecule has 18 heavy (non-hydrogen) atoms. The minimum atomic E-state index is -0.945. The van der Waals surface area contributed by atoms with Crippen LogP contribution in [0.4, 0.5) is 0 Å². The van der Waals surface area contributed by atoms with Crippen molar-refractivity contribution >= 4 is 17.8 Å². The monoisotopic (exact) mass is 257 g/mol. The second-order valence-corrected chi connectivity index (χ2v) is 4.49. The molecule has 0 aromatic heterocycles. The van der Waals surface area contributed by atoms with Crippen molar-refractivity contribution in [1.29, 1.82) is 0 Å². The molecule has 3 unspecified atom stereocenters. The molecule has 2 aliphatic rings. The second kappa shape index (κ2) is 5.03. The number of ether oxygens (including phenoxy) is 1. The van der Waals surface area contributed by atoms with Gasteiger partial charge in [0.2, 0.25) is 0 Å². The number of carboxylic acids is 1. The van der Waals surface area contributed by atoms with E-state index >= 15 is 0 Å². The van der Waals surface area contributed by atoms with Crippen molar-refractivity contribution in [3.8, 4) is 0 Å². The Hall–Kier alpha value is -1.47. The fourth-order valence-corrected chi connectivity index (χ4v) is 2.62. The molecule has 3 atom stereocenters. The highest BCUT2D eigenvalue weighted by molar-refractivity contribution is 6.02. The minimum absolute atomic E-state index is 0.00944. The largest absolute Gasteiger partial charge is 0.481 e. The van der Waals surface area contributed by atoms with Gasteiger partial charge in [0.25, 0.3) is 11.8 Å². The van der Waals surface area contributed by atoms with Gasteiger partial charge >= 0.3 is 5.97 Å². The highest BCUT2D eigenvalue weighted by atomic mass is 16.7. The smallest absolute Gasteiger partial charge is 0.306 e. The van der Waals surface area contributed by atoms with Crippen LogP contribution >= 0.6 is 0 Å². The van der Waals surface area contributed by atoms with Crippen LogP contribution in [0.5, 0.6) is 0 Å². The van der Waals surface area contributed by atoms with E-state index < -0.39 is 35.5 Å². The summed E-state index contributed by atoms with van der Waals surface area (Å²) in [6.45, 7) is 0.564. The Bertz CT molecular complexity index is 382. The number of nitrogens with zero attached hydrogens (tertiary/aromatic N) is 1. The van der Waals surface area contributed by atoms with Gasteiger partial charge in [-0.2, -0.15) is 5.06 Å². The third-order valence-corrected chi connectivity index (χ3v) is 3.56. The summed E-state index contributed by atoms with van der Waals surface area (Å²) in [7, 11) is 1.24. The third kappa shape index (κ3) is 2.11. The molecule has 2 amide bonds. The van der Waals surface area contributed by atoms with Gasteiger partial charge in [0.1, 0.15) is 0 Å². The van der Waals surface area contributed by atoms with E-state index in [2.05, 4.69) is 0 Å². The number of carbonyl (C=O) groups is 3. The molecule has 100 valence electrons. The lowest BCUT2D eigenvalue weighted by atomic mass is 9.78. The zero-order valence-corrected chi connectivity index (χ0v) is 10.00. The summed E-state index contributed by atoms with van der Waals surface area (Å²) in [5.41, 5.74) is 0. The Labute approximate surface area is 104 Å². The normalized spacial score (nSPS) is 32.9. The Balaban J connectivity index is 2.17. The molecule has 2 aliphatic heterocycles. The van der Waals surface area contributed by atoms with Gasteiger partial charge in [-0.15, -0.1) is 0 Å². The van der Waals surface area contributed by atoms with Gasteiger partial charge in [0.05, 0.1) is 25.6 Å². The minimum Gasteiger partial charge on any atom is -0.481 e. The molecule has 2 saturated heterocycles. The number of hydrogen-bond donors (Lipinski definition) is 1. The fraction of sp³-hybridized carbons (Fsp3) is 0.727. The predicted molar refractivity (Wildman–Crippen MR) is 57.0 cm³/mol. The first kappa shape index (κ1) is 13.0. The molecule has 7 heteroatoms. The van der Waals surface area contributed by atoms with Crippen LogP contribution in [-0.2, 0) is 24.0 Å². The molecule has 2 heterocycles. The standard InChI is InChI=1S/C11H15NO6/c1-17-12-9(13)4-7(10(12)14)8-5-18-3-2-6(8)11(15)16/h6-8H,2-5H2,1H3,(H,15,16). The quantitative estimate of drug-likeness (QED) is 0.695. The number of hydrogen-bond acceptors (Lipinski definition) is 5. The zero-order valence-electron chi connectivity index (χ0n) is 10.00. The number of rotatable bonds is 3. The first-order chi connectivity index (χ1) is 8.56. The topological polar surface area (TPSA) is 93.1 Å². The van der Waals surface area contributed by atoms with Gasteiger partial charge in [-0.1, -0.05) is 0 Å². The third-order valence-electron chi connectivity index (χ3n) is 3.56. The summed E-state index contributed by atoms with van der Waals surface area (Å²) < 4.78 is 5.24. The van der Waals surface area contributed by atoms with Gasteiger partial charge in [0.15, 0.2) is 0 Å². The van der Waals surface area contributed by atoms with Crippen LogP contribution < -0.4 is 0 Å². The van der Waals surface area contributed by atoms with Gasteiger partial charge in [-0.3, -0.25) is 19.2 Å². The Morgan fingerprint density at radius 1 is 1.50 bits per heavy atom. The summed E-state index contributed by atoms with van der Waals surface area (Å²) in [6, 6.07) is 0. The zero-order chi connectivity index (χ0) is 13.3. The predicted octanol–water partition coefficient (Wildman–Crippen LogP) is -0.340. The maximum absolute atomic E-state index is 11.9. The Morgan fingerprint density at radius 3 is 2.78 bits per heavy atom. The summed E-state index contributed by atoms with van der Waals surface area (Å²) in [4.78, 5) is 39.3. The van der Waals surface area contributed by atoms with Crippen LogP contribution in [-0.4, -0.2) is 48.3 Å². The molecule has 2 rings (SSSR count). The van der Waals surface area contributed by atoms with Crippen molar-refractivity contribution in [2.45, 2.75) is 12.8 Å². The van der Waals surface area contributed by atoms with Crippen LogP contribution in [0.15, 0.2) is 0 Å². The van der Waals surface area contributed by atoms with Gasteiger partial charge in [0, 0.05) is 18.9 Å². The van der Waals surface area contributed by atoms with Gasteiger partial charge in [-0.05, 0) is 6.42 Å². The molecule has 0 saturated carbocycles. The van der Waals surface area contributed by atoms with E-state index in [1.165, 1.54) is 7.11 Å². The fourth-order valence-electron chi connectivity index (χ4n) is 2.62. The molecular formula is C11H15NO6. The average molecular weight is 257 g/mol. The van der Waals surface area contributed by atoms with Crippen molar-refractivity contribution in [3.63, 3.8) is 0 Å².